The van der Waals surface area contributed by atoms with Gasteiger partial charge in [-0.1, -0.05) is 25.4 Å². The smallest absolute Gasteiger partial charge is 0.351 e. The number of alkyl halides is 2. The average Bonchev–Trinajstić information content (AvgIpc) is 2.70. The van der Waals surface area contributed by atoms with Gasteiger partial charge in [0.05, 0.1) is 6.61 Å². The van der Waals surface area contributed by atoms with Crippen LogP contribution in [0.15, 0.2) is 17.1 Å². The molecule has 0 saturated carbocycles. The van der Waals surface area contributed by atoms with E-state index in [1.807, 2.05) is 0 Å². The van der Waals surface area contributed by atoms with Crippen molar-refractivity contribution in [2.45, 2.75) is 37.4 Å². The Labute approximate surface area is 135 Å². The van der Waals surface area contributed by atoms with Crippen LogP contribution in [0.1, 0.15) is 20.1 Å². The second-order valence-corrected chi connectivity index (χ2v) is 6.05. The predicted octanol–water partition coefficient (Wildman–Crippen LogP) is -0.00700. The molecule has 0 aliphatic carbocycles. The molecule has 23 heavy (non-hydrogen) atoms. The van der Waals surface area contributed by atoms with Crippen LogP contribution in [0.3, 0.4) is 0 Å². The molecule has 1 saturated heterocycles. The third kappa shape index (κ3) is 3.37. The van der Waals surface area contributed by atoms with Gasteiger partial charge in [-0.2, -0.15) is 4.98 Å². The van der Waals surface area contributed by atoms with Crippen molar-refractivity contribution in [1.29, 1.82) is 0 Å². The Hall–Kier alpha value is -1.55. The molecule has 10 heteroatoms. The van der Waals surface area contributed by atoms with E-state index in [2.05, 4.69) is 10.3 Å². The minimum Gasteiger partial charge on any atom is -0.394 e. The van der Waals surface area contributed by atoms with Crippen LogP contribution in [0.5, 0.6) is 0 Å². The fourth-order valence-corrected chi connectivity index (χ4v) is 2.35. The van der Waals surface area contributed by atoms with Crippen molar-refractivity contribution in [3.63, 3.8) is 0 Å². The number of carbonyl (C=O) groups excluding carboxylic acids is 1. The highest BCUT2D eigenvalue weighted by Crippen LogP contribution is 2.43. The fourth-order valence-electron chi connectivity index (χ4n) is 2.05. The van der Waals surface area contributed by atoms with E-state index in [0.717, 1.165) is 10.8 Å². The number of halogens is 2. The summed E-state index contributed by atoms with van der Waals surface area (Å²) < 4.78 is 20.3. The summed E-state index contributed by atoms with van der Waals surface area (Å²) in [6, 6.07) is 1.27. The molecule has 2 rings (SSSR count). The number of aliphatic hydroxyl groups excluding tert-OH is 2. The maximum absolute atomic E-state index is 14.4. The topological polar surface area (TPSA) is 114 Å². The van der Waals surface area contributed by atoms with Crippen molar-refractivity contribution in [1.82, 2.24) is 9.55 Å². The van der Waals surface area contributed by atoms with Gasteiger partial charge in [-0.3, -0.25) is 9.36 Å². The molecule has 4 atom stereocenters. The molecule has 0 unspecified atom stereocenters. The maximum atomic E-state index is 14.4. The van der Waals surface area contributed by atoms with Crippen LogP contribution in [-0.2, 0) is 9.53 Å². The Bertz CT molecular complexity index is 651. The first-order valence-electron chi connectivity index (χ1n) is 6.90. The molecule has 0 radical (unpaired) electrons. The van der Waals surface area contributed by atoms with Crippen molar-refractivity contribution in [3.8, 4) is 0 Å². The van der Waals surface area contributed by atoms with Gasteiger partial charge < -0.3 is 20.3 Å². The van der Waals surface area contributed by atoms with Crippen molar-refractivity contribution >= 4 is 23.3 Å². The quantitative estimate of drug-likeness (QED) is 0.659. The number of aliphatic hydroxyl groups is 2. The van der Waals surface area contributed by atoms with Gasteiger partial charge in [0.2, 0.25) is 5.91 Å². The van der Waals surface area contributed by atoms with Gasteiger partial charge in [-0.25, -0.2) is 9.18 Å². The number of amides is 1. The molecule has 0 aromatic carbocycles. The number of rotatable bonds is 4. The Morgan fingerprint density at radius 3 is 2.78 bits per heavy atom. The largest absolute Gasteiger partial charge is 0.394 e. The summed E-state index contributed by atoms with van der Waals surface area (Å²) in [5.74, 6) is -0.639. The van der Waals surface area contributed by atoms with E-state index in [0.29, 0.717) is 0 Å². The van der Waals surface area contributed by atoms with E-state index >= 15 is 0 Å². The van der Waals surface area contributed by atoms with Crippen molar-refractivity contribution in [2.24, 2.45) is 5.92 Å². The number of hydrogen-bond donors (Lipinski definition) is 3. The van der Waals surface area contributed by atoms with Gasteiger partial charge >= 0.3 is 5.69 Å². The zero-order chi connectivity index (χ0) is 17.4. The Morgan fingerprint density at radius 2 is 2.30 bits per heavy atom. The van der Waals surface area contributed by atoms with Crippen LogP contribution >= 0.6 is 11.6 Å². The van der Waals surface area contributed by atoms with Gasteiger partial charge in [-0.05, 0) is 6.07 Å². The fraction of sp³-hybridized carbons (Fsp3) is 0.615. The number of hydrogen-bond acceptors (Lipinski definition) is 6. The zero-order valence-electron chi connectivity index (χ0n) is 12.4. The number of carbonyl (C=O) groups is 1. The Balaban J connectivity index is 2.28. The second kappa shape index (κ2) is 6.52. The van der Waals surface area contributed by atoms with Crippen LogP contribution in [0.4, 0.5) is 10.2 Å². The molecule has 128 valence electrons. The van der Waals surface area contributed by atoms with E-state index in [1.165, 1.54) is 6.07 Å². The highest BCUT2D eigenvalue weighted by atomic mass is 35.5. The average molecular weight is 350 g/mol. The van der Waals surface area contributed by atoms with E-state index < -0.39 is 35.9 Å². The first kappa shape index (κ1) is 17.8. The van der Waals surface area contributed by atoms with Crippen molar-refractivity contribution < 1.29 is 24.1 Å². The van der Waals surface area contributed by atoms with E-state index in [1.54, 1.807) is 13.8 Å². The summed E-state index contributed by atoms with van der Waals surface area (Å²) in [6.45, 7) is 2.68. The van der Waals surface area contributed by atoms with Crippen molar-refractivity contribution in [3.05, 3.63) is 22.7 Å². The van der Waals surface area contributed by atoms with E-state index in [4.69, 9.17) is 21.4 Å². The van der Waals surface area contributed by atoms with E-state index in [9.17, 15) is 19.1 Å². The SMILES string of the molecule is CC(C)C(=O)Nc1ccn([C@@H]2O[C@H](CO)[C@@H](O)[C@]2(F)Cl)c(=O)n1. The summed E-state index contributed by atoms with van der Waals surface area (Å²) in [6.07, 6.45) is -3.61. The third-order valence-electron chi connectivity index (χ3n) is 3.42. The van der Waals surface area contributed by atoms with Crippen molar-refractivity contribution in [2.75, 3.05) is 11.9 Å². The molecule has 1 aliphatic rings. The summed E-state index contributed by atoms with van der Waals surface area (Å²) in [7, 11) is 0. The molecule has 8 nitrogen and oxygen atoms in total. The number of ether oxygens (including phenoxy) is 1. The molecule has 1 aromatic rings. The van der Waals surface area contributed by atoms with Gasteiger partial charge in [0, 0.05) is 12.1 Å². The molecule has 1 aliphatic heterocycles. The highest BCUT2D eigenvalue weighted by Gasteiger charge is 2.57. The molecule has 0 bridgehead atoms. The van der Waals surface area contributed by atoms with Gasteiger partial charge in [-0.15, -0.1) is 0 Å². The third-order valence-corrected chi connectivity index (χ3v) is 3.83. The van der Waals surface area contributed by atoms with E-state index in [-0.39, 0.29) is 17.6 Å². The van der Waals surface area contributed by atoms with Gasteiger partial charge in [0.15, 0.2) is 6.23 Å². The summed E-state index contributed by atoms with van der Waals surface area (Å²) in [5, 5.41) is 18.4. The zero-order valence-corrected chi connectivity index (χ0v) is 13.2. The lowest BCUT2D eigenvalue weighted by atomic mass is 10.1. The Morgan fingerprint density at radius 1 is 1.65 bits per heavy atom. The number of nitrogens with one attached hydrogen (secondary N) is 1. The molecule has 2 heterocycles. The first-order chi connectivity index (χ1) is 10.7. The van der Waals surface area contributed by atoms with Crippen LogP contribution in [-0.4, -0.2) is 49.6 Å². The van der Waals surface area contributed by atoms with Crippen LogP contribution in [0.25, 0.3) is 0 Å². The number of nitrogens with zero attached hydrogens (tertiary/aromatic N) is 2. The summed E-state index contributed by atoms with van der Waals surface area (Å²) in [5.41, 5.74) is -0.926. The molecule has 0 spiro atoms. The normalized spacial score (nSPS) is 30.7. The van der Waals surface area contributed by atoms with Gasteiger partial charge in [0.1, 0.15) is 18.0 Å². The molecular weight excluding hydrogens is 333 g/mol. The van der Waals surface area contributed by atoms with Crippen LogP contribution < -0.4 is 11.0 Å². The molecule has 1 fully saturated rings. The number of aromatic nitrogens is 2. The molecule has 3 N–H and O–H groups in total. The first-order valence-corrected chi connectivity index (χ1v) is 7.28. The maximum Gasteiger partial charge on any atom is 0.351 e. The van der Waals surface area contributed by atoms with Gasteiger partial charge in [0.25, 0.3) is 5.13 Å². The monoisotopic (exact) mass is 349 g/mol. The molecule has 1 aromatic heterocycles. The Kier molecular flexibility index (Phi) is 5.04. The highest BCUT2D eigenvalue weighted by molar-refractivity contribution is 6.23. The number of anilines is 1. The summed E-state index contributed by atoms with van der Waals surface area (Å²) >= 11 is 5.62. The standard InChI is InChI=1S/C13H17ClFN3O5/c1-6(2)10(21)16-8-3-4-18(12(22)17-8)11-13(14,15)9(20)7(5-19)23-11/h3-4,6-7,9,11,19-20H,5H2,1-2H3,(H,16,17,21,22)/t7-,9-,11-,13-/m1/s1. The van der Waals surface area contributed by atoms with Crippen LogP contribution in [0.2, 0.25) is 0 Å². The predicted molar refractivity (Wildman–Crippen MR) is 78.7 cm³/mol. The lowest BCUT2D eigenvalue weighted by Crippen LogP contribution is -2.41. The molecular formula is C13H17ClFN3O5. The minimum atomic E-state index is -2.80. The molecule has 1 amide bonds. The second-order valence-electron chi connectivity index (χ2n) is 5.48. The van der Waals surface area contributed by atoms with Crippen LogP contribution in [0, 0.1) is 5.92 Å². The lowest BCUT2D eigenvalue weighted by molar-refractivity contribution is -0.118. The minimum absolute atomic E-state index is 0.00114. The summed E-state index contributed by atoms with van der Waals surface area (Å²) in [4.78, 5) is 27.2. The lowest BCUT2D eigenvalue weighted by Gasteiger charge is -2.22.